The molecule has 0 aromatic carbocycles. The molecule has 0 fully saturated rings. The molecule has 0 aliphatic carbocycles. The molecule has 0 heterocycles. The van der Waals surface area contributed by atoms with Crippen molar-refractivity contribution in [3.8, 4) is 0 Å². The summed E-state index contributed by atoms with van der Waals surface area (Å²) in [4.78, 5) is 0. The van der Waals surface area contributed by atoms with Crippen molar-refractivity contribution in [2.45, 2.75) is 97.3 Å². The highest BCUT2D eigenvalue weighted by atomic mass is 28.5. The quantitative estimate of drug-likeness (QED) is 0.217. The number of hydrogen-bond donors (Lipinski definition) is 0. The minimum absolute atomic E-state index is 1.05. The molecular weight excluding hydrogens is 517 g/mol. The maximum absolute atomic E-state index is 6.89. The molecule has 0 saturated carbocycles. The first-order valence-electron chi connectivity index (χ1n) is 10.1. The van der Waals surface area contributed by atoms with E-state index in [4.69, 9.17) is 29.7 Å². The summed E-state index contributed by atoms with van der Waals surface area (Å²) in [5.41, 5.74) is -1.31. The first-order valence-corrected chi connectivity index (χ1v) is 29.1. The average molecular weight is 559 g/mol. The predicted molar refractivity (Wildman–Crippen MR) is 138 cm³/mol. The maximum atomic E-state index is 6.89. The summed E-state index contributed by atoms with van der Waals surface area (Å²) in [6.07, 6.45) is 0. The van der Waals surface area contributed by atoms with Crippen molar-refractivity contribution in [2.24, 2.45) is 0 Å². The summed E-state index contributed by atoms with van der Waals surface area (Å²) < 4.78 is 45.9. The lowest BCUT2D eigenvalue weighted by Gasteiger charge is -2.50. The van der Waals surface area contributed by atoms with Gasteiger partial charge in [-0.25, -0.2) is 0 Å². The van der Waals surface area contributed by atoms with Gasteiger partial charge in [0.25, 0.3) is 5.60 Å². The van der Waals surface area contributed by atoms with Crippen LogP contribution in [0, 0.1) is 0 Å². The Bertz CT molecular complexity index is 459. The zero-order valence-electron chi connectivity index (χ0n) is 21.4. The van der Waals surface area contributed by atoms with Gasteiger partial charge in [-0.1, -0.05) is 0 Å². The normalized spacial score (nSPS) is 16.0. The fourth-order valence-electron chi connectivity index (χ4n) is 2.84. The molecular formula is C15H42O7Si8. The van der Waals surface area contributed by atoms with Crippen LogP contribution in [0.2, 0.25) is 91.7 Å². The van der Waals surface area contributed by atoms with E-state index in [2.05, 4.69) is 78.6 Å². The highest BCUT2D eigenvalue weighted by Gasteiger charge is 2.64. The second-order valence-electron chi connectivity index (χ2n) is 8.53. The lowest BCUT2D eigenvalue weighted by Crippen LogP contribution is -2.73. The fourth-order valence-corrected chi connectivity index (χ4v) is 24.1. The SMILES string of the molecule is C[Si](C)OC(O[Si](C)C)(O[Si](C)C)[Si](C)(O[Si](C)C)O[Si](C)(O[Si](C)C)O[Si](C)C. The highest BCUT2D eigenvalue weighted by molar-refractivity contribution is 6.86. The van der Waals surface area contributed by atoms with Crippen molar-refractivity contribution in [3.05, 3.63) is 0 Å². The van der Waals surface area contributed by atoms with E-state index in [1.165, 1.54) is 0 Å². The zero-order valence-corrected chi connectivity index (χ0v) is 29.4. The lowest BCUT2D eigenvalue weighted by molar-refractivity contribution is -0.219. The second kappa shape index (κ2) is 13.4. The van der Waals surface area contributed by atoms with Gasteiger partial charge in [0.15, 0.2) is 27.1 Å². The number of rotatable bonds is 15. The third kappa shape index (κ3) is 11.1. The Balaban J connectivity index is 6.58. The van der Waals surface area contributed by atoms with E-state index < -0.39 is 77.2 Å². The van der Waals surface area contributed by atoms with Crippen molar-refractivity contribution in [1.82, 2.24) is 0 Å². The van der Waals surface area contributed by atoms with Crippen LogP contribution in [0.15, 0.2) is 0 Å². The Morgan fingerprint density at radius 2 is 0.767 bits per heavy atom. The molecule has 30 heavy (non-hydrogen) atoms. The van der Waals surface area contributed by atoms with Crippen LogP contribution in [0.1, 0.15) is 0 Å². The third-order valence-corrected chi connectivity index (χ3v) is 19.7. The largest absolute Gasteiger partial charge is 0.467 e. The topological polar surface area (TPSA) is 64.6 Å². The summed E-state index contributed by atoms with van der Waals surface area (Å²) in [6.45, 7) is 29.1. The van der Waals surface area contributed by atoms with Gasteiger partial charge in [0.2, 0.25) is 27.1 Å². The van der Waals surface area contributed by atoms with Crippen LogP contribution in [0.25, 0.3) is 0 Å². The maximum Gasteiger partial charge on any atom is 0.467 e. The predicted octanol–water partition coefficient (Wildman–Crippen LogP) is 4.44. The van der Waals surface area contributed by atoms with Gasteiger partial charge < -0.3 is 29.7 Å². The Labute approximate surface area is 198 Å². The van der Waals surface area contributed by atoms with Gasteiger partial charge in [0.05, 0.1) is 0 Å². The molecule has 0 N–H and O–H groups in total. The van der Waals surface area contributed by atoms with E-state index in [1.54, 1.807) is 0 Å². The summed E-state index contributed by atoms with van der Waals surface area (Å²) in [5, 5.41) is 0. The van der Waals surface area contributed by atoms with Crippen LogP contribution in [-0.2, 0) is 29.7 Å². The molecule has 0 spiro atoms. The van der Waals surface area contributed by atoms with Crippen LogP contribution < -0.4 is 0 Å². The van der Waals surface area contributed by atoms with Gasteiger partial charge in [0.1, 0.15) is 0 Å². The summed E-state index contributed by atoms with van der Waals surface area (Å²) >= 11 is 0. The minimum Gasteiger partial charge on any atom is -0.432 e. The van der Waals surface area contributed by atoms with E-state index in [-0.39, 0.29) is 0 Å². The van der Waals surface area contributed by atoms with E-state index in [9.17, 15) is 0 Å². The van der Waals surface area contributed by atoms with Crippen molar-refractivity contribution in [3.63, 3.8) is 0 Å². The summed E-state index contributed by atoms with van der Waals surface area (Å²) in [6, 6.07) is 0. The van der Waals surface area contributed by atoms with Crippen molar-refractivity contribution in [2.75, 3.05) is 0 Å². The van der Waals surface area contributed by atoms with Crippen LogP contribution in [-0.4, -0.2) is 77.2 Å². The standard InChI is InChI=1S/C15H42O7Si8/c1-23(2)16-15(17-24(3)4,18-25(5)6)29(13,19-26(7)8)22-30(14,20-27(9)10)21-28(11)12/h1-14H3. The van der Waals surface area contributed by atoms with Crippen LogP contribution in [0.5, 0.6) is 0 Å². The highest BCUT2D eigenvalue weighted by Crippen LogP contribution is 2.36. The average Bonchev–Trinajstić information content (AvgIpc) is 2.40. The monoisotopic (exact) mass is 558 g/mol. The van der Waals surface area contributed by atoms with Gasteiger partial charge in [-0.2, -0.15) is 0 Å². The molecule has 0 aliphatic rings. The molecule has 15 heteroatoms. The first kappa shape index (κ1) is 31.5. The number of hydrogen-bond acceptors (Lipinski definition) is 7. The molecule has 7 nitrogen and oxygen atoms in total. The summed E-state index contributed by atoms with van der Waals surface area (Å²) in [5.74, 6) is 0. The summed E-state index contributed by atoms with van der Waals surface area (Å²) in [7, 11) is -13.1. The van der Waals surface area contributed by atoms with Crippen LogP contribution in [0.4, 0.5) is 0 Å². The Hall–Kier alpha value is 1.46. The Morgan fingerprint density at radius 1 is 0.467 bits per heavy atom. The van der Waals surface area contributed by atoms with Crippen LogP contribution >= 0.6 is 0 Å². The Morgan fingerprint density at radius 3 is 1.00 bits per heavy atom. The van der Waals surface area contributed by atoms with Gasteiger partial charge in [-0.15, -0.1) is 0 Å². The van der Waals surface area contributed by atoms with E-state index in [1.807, 2.05) is 13.1 Å². The molecule has 0 bridgehead atoms. The third-order valence-electron chi connectivity index (χ3n) is 3.13. The van der Waals surface area contributed by atoms with E-state index >= 15 is 0 Å². The molecule has 0 amide bonds. The fraction of sp³-hybridized carbons (Fsp3) is 1.00. The van der Waals surface area contributed by atoms with Crippen molar-refractivity contribution >= 4 is 71.6 Å². The molecule has 0 rings (SSSR count). The molecule has 0 aromatic rings. The van der Waals surface area contributed by atoms with Gasteiger partial charge in [-0.3, -0.25) is 0 Å². The van der Waals surface area contributed by atoms with Gasteiger partial charge >= 0.3 is 17.4 Å². The van der Waals surface area contributed by atoms with Gasteiger partial charge in [-0.05, 0) is 85.1 Å². The molecule has 0 saturated heterocycles. The minimum atomic E-state index is -3.25. The van der Waals surface area contributed by atoms with Crippen molar-refractivity contribution < 1.29 is 29.7 Å². The van der Waals surface area contributed by atoms with E-state index in [0.29, 0.717) is 0 Å². The first-order chi connectivity index (χ1) is 13.5. The Kier molecular flexibility index (Phi) is 14.0. The molecule has 0 aromatic heterocycles. The van der Waals surface area contributed by atoms with E-state index in [0.717, 1.165) is 0 Å². The molecule has 176 valence electrons. The zero-order chi connectivity index (χ0) is 23.9. The molecule has 1 unspecified atom stereocenters. The smallest absolute Gasteiger partial charge is 0.432 e. The lowest BCUT2D eigenvalue weighted by atomic mass is 11.3. The van der Waals surface area contributed by atoms with Gasteiger partial charge in [0, 0.05) is 6.55 Å². The van der Waals surface area contributed by atoms with Crippen LogP contribution in [0.3, 0.4) is 0 Å². The second-order valence-corrected chi connectivity index (χ2v) is 27.5. The van der Waals surface area contributed by atoms with Crippen molar-refractivity contribution in [1.29, 1.82) is 0 Å². The molecule has 0 aliphatic heterocycles. The molecule has 1 atom stereocenters. The molecule has 6 radical (unpaired) electrons.